The second-order valence-corrected chi connectivity index (χ2v) is 25.7. The van der Waals surface area contributed by atoms with Gasteiger partial charge in [-0.15, -0.1) is 0 Å². The molecular weight excluding hydrogens is 1040 g/mol. The van der Waals surface area contributed by atoms with Crippen molar-refractivity contribution in [3.8, 4) is 56.3 Å². The number of anilines is 6. The minimum absolute atomic E-state index is 0.213. The van der Waals surface area contributed by atoms with Crippen molar-refractivity contribution < 1.29 is 4.74 Å². The maximum atomic E-state index is 7.35. The van der Waals surface area contributed by atoms with Crippen LogP contribution in [0.1, 0.15) is 52.7 Å². The lowest BCUT2D eigenvalue weighted by Crippen LogP contribution is -2.62. The van der Waals surface area contributed by atoms with Crippen LogP contribution in [0.25, 0.3) is 88.4 Å². The van der Waals surface area contributed by atoms with E-state index in [1.807, 2.05) is 0 Å². The van der Waals surface area contributed by atoms with Crippen LogP contribution in [-0.2, 0) is 10.8 Å². The molecule has 0 radical (unpaired) electrons. The van der Waals surface area contributed by atoms with Crippen molar-refractivity contribution in [3.63, 3.8) is 0 Å². The monoisotopic (exact) mass is 1100 g/mol. The van der Waals surface area contributed by atoms with Crippen LogP contribution < -0.4 is 30.9 Å². The third-order valence-electron chi connectivity index (χ3n) is 18.5. The van der Waals surface area contributed by atoms with Gasteiger partial charge in [0.2, 0.25) is 0 Å². The van der Waals surface area contributed by atoms with Gasteiger partial charge in [0, 0.05) is 77.9 Å². The van der Waals surface area contributed by atoms with Gasteiger partial charge in [-0.2, -0.15) is 0 Å². The van der Waals surface area contributed by atoms with E-state index >= 15 is 0 Å². The zero-order chi connectivity index (χ0) is 57.7. The Morgan fingerprint density at radius 2 is 0.802 bits per heavy atom. The van der Waals surface area contributed by atoms with Gasteiger partial charge in [0.1, 0.15) is 11.5 Å². The van der Waals surface area contributed by atoms with E-state index in [0.29, 0.717) is 0 Å². The molecule has 0 amide bonds. The van der Waals surface area contributed by atoms with Crippen molar-refractivity contribution in [3.05, 3.63) is 272 Å². The molecule has 86 heavy (non-hydrogen) atoms. The molecule has 0 spiro atoms. The number of benzene rings is 12. The van der Waals surface area contributed by atoms with E-state index in [1.165, 1.54) is 71.2 Å². The van der Waals surface area contributed by atoms with E-state index in [4.69, 9.17) is 4.74 Å². The molecule has 5 heterocycles. The summed E-state index contributed by atoms with van der Waals surface area (Å²) in [5.41, 5.74) is 26.1. The molecule has 17 rings (SSSR count). The molecule has 410 valence electrons. The summed E-state index contributed by atoms with van der Waals surface area (Å²) >= 11 is 0. The summed E-state index contributed by atoms with van der Waals surface area (Å²) < 4.78 is 12.3. The second-order valence-electron chi connectivity index (χ2n) is 25.7. The van der Waals surface area contributed by atoms with Crippen molar-refractivity contribution in [2.24, 2.45) is 0 Å². The predicted octanol–water partition coefficient (Wildman–Crippen LogP) is 19.7. The van der Waals surface area contributed by atoms with E-state index in [1.54, 1.807) is 0 Å². The third kappa shape index (κ3) is 7.45. The normalized spacial score (nSPS) is 13.3. The summed E-state index contributed by atoms with van der Waals surface area (Å²) in [6.07, 6.45) is 0. The highest BCUT2D eigenvalue weighted by Gasteiger charge is 2.47. The fraction of sp³-hybridized carbons (Fsp3) is 0.100. The van der Waals surface area contributed by atoms with Gasteiger partial charge < -0.3 is 23.7 Å². The topological polar surface area (TPSA) is 25.6 Å². The van der Waals surface area contributed by atoms with Gasteiger partial charge >= 0.3 is 0 Å². The fourth-order valence-corrected chi connectivity index (χ4v) is 14.6. The van der Waals surface area contributed by atoms with Crippen LogP contribution >= 0.6 is 0 Å². The zero-order valence-electron chi connectivity index (χ0n) is 49.1. The Morgan fingerprint density at radius 3 is 1.38 bits per heavy atom. The second kappa shape index (κ2) is 18.6. The smallest absolute Gasteiger partial charge is 0.252 e. The van der Waals surface area contributed by atoms with Gasteiger partial charge in [0.05, 0.1) is 33.4 Å². The van der Waals surface area contributed by atoms with Gasteiger partial charge in [-0.25, -0.2) is 0 Å². The SMILES string of the molecule is CC(C)(C)c1cc2c3c(c1)-c1ccccc1Oc1ccccc1-c1cccc(C(C)(C)C)c1N3c1cc(-n3c4ccccc4c4ccccc43)cc3c1B2c1ccc(-n2c4ccccc4c4ccccc42)cc1N3c1ccc(-c2ccccc2)cc1. The van der Waals surface area contributed by atoms with Crippen LogP contribution in [0.5, 0.6) is 11.5 Å². The first kappa shape index (κ1) is 50.2. The molecule has 2 aromatic heterocycles. The van der Waals surface area contributed by atoms with Gasteiger partial charge in [-0.3, -0.25) is 0 Å². The van der Waals surface area contributed by atoms with Gasteiger partial charge in [0.25, 0.3) is 6.71 Å². The molecule has 14 aromatic rings. The first-order chi connectivity index (χ1) is 42.0. The van der Waals surface area contributed by atoms with Crippen LogP contribution in [0, 0.1) is 0 Å². The highest BCUT2D eigenvalue weighted by atomic mass is 16.5. The fourth-order valence-electron chi connectivity index (χ4n) is 14.6. The number of hydrogen-bond donors (Lipinski definition) is 0. The molecular formula is C80H61BN4O. The third-order valence-corrected chi connectivity index (χ3v) is 18.5. The van der Waals surface area contributed by atoms with E-state index in [9.17, 15) is 0 Å². The Morgan fingerprint density at radius 1 is 0.326 bits per heavy atom. The average Bonchev–Trinajstić information content (AvgIpc) is 0.908. The van der Waals surface area contributed by atoms with Crippen LogP contribution in [0.4, 0.5) is 34.1 Å². The number of rotatable bonds is 4. The van der Waals surface area contributed by atoms with Gasteiger partial charge in [0.15, 0.2) is 0 Å². The Labute approximate surface area is 502 Å². The number of aromatic nitrogens is 2. The quantitative estimate of drug-likeness (QED) is 0.164. The summed E-state index contributed by atoms with van der Waals surface area (Å²) in [5.74, 6) is 1.64. The Balaban J connectivity index is 1.07. The Hall–Kier alpha value is -10.3. The van der Waals surface area contributed by atoms with Crippen molar-refractivity contribution in [1.82, 2.24) is 9.13 Å². The number of nitrogens with zero attached hydrogens (tertiary/aromatic N) is 4. The van der Waals surface area contributed by atoms with Gasteiger partial charge in [-0.1, -0.05) is 224 Å². The molecule has 0 fully saturated rings. The number of fused-ring (bicyclic) bond motifs is 16. The maximum Gasteiger partial charge on any atom is 0.252 e. The minimum Gasteiger partial charge on any atom is -0.456 e. The van der Waals surface area contributed by atoms with Gasteiger partial charge in [-0.05, 0) is 128 Å². The number of hydrogen-bond acceptors (Lipinski definition) is 3. The summed E-state index contributed by atoms with van der Waals surface area (Å²) in [6.45, 7) is 14.0. The molecule has 0 N–H and O–H groups in total. The lowest BCUT2D eigenvalue weighted by molar-refractivity contribution is 0.486. The van der Waals surface area contributed by atoms with Crippen LogP contribution in [0.15, 0.2) is 261 Å². The summed E-state index contributed by atoms with van der Waals surface area (Å²) in [7, 11) is 0. The zero-order valence-corrected chi connectivity index (χ0v) is 49.1. The van der Waals surface area contributed by atoms with E-state index < -0.39 is 0 Å². The predicted molar refractivity (Wildman–Crippen MR) is 363 cm³/mol. The molecule has 0 atom stereocenters. The van der Waals surface area contributed by atoms with Crippen LogP contribution in [0.2, 0.25) is 0 Å². The first-order valence-electron chi connectivity index (χ1n) is 30.2. The largest absolute Gasteiger partial charge is 0.456 e. The van der Waals surface area contributed by atoms with Crippen molar-refractivity contribution >= 4 is 101 Å². The van der Waals surface area contributed by atoms with Crippen molar-refractivity contribution in [2.75, 3.05) is 9.80 Å². The number of para-hydroxylation sites is 7. The molecule has 12 aromatic carbocycles. The molecule has 0 saturated carbocycles. The van der Waals surface area contributed by atoms with Crippen LogP contribution in [0.3, 0.4) is 0 Å². The lowest BCUT2D eigenvalue weighted by atomic mass is 9.33. The highest BCUT2D eigenvalue weighted by Crippen LogP contribution is 2.56. The van der Waals surface area contributed by atoms with Crippen molar-refractivity contribution in [2.45, 2.75) is 52.4 Å². The van der Waals surface area contributed by atoms with Crippen LogP contribution in [-0.4, -0.2) is 15.8 Å². The Bertz CT molecular complexity index is 5030. The first-order valence-corrected chi connectivity index (χ1v) is 30.2. The maximum absolute atomic E-state index is 7.35. The molecule has 0 saturated heterocycles. The highest BCUT2D eigenvalue weighted by molar-refractivity contribution is 7.00. The molecule has 3 aliphatic heterocycles. The van der Waals surface area contributed by atoms with Crippen molar-refractivity contribution in [1.29, 1.82) is 0 Å². The molecule has 3 aliphatic rings. The molecule has 0 aliphatic carbocycles. The summed E-state index contributed by atoms with van der Waals surface area (Å²) in [5, 5.41) is 4.91. The Kier molecular flexibility index (Phi) is 10.9. The molecule has 0 bridgehead atoms. The molecule has 0 unspecified atom stereocenters. The molecule has 5 nitrogen and oxygen atoms in total. The summed E-state index contributed by atoms with van der Waals surface area (Å²) in [6, 6.07) is 97.4. The lowest BCUT2D eigenvalue weighted by Gasteiger charge is -2.47. The minimum atomic E-state index is -0.293. The number of ether oxygens (including phenoxy) is 1. The average molecular weight is 1110 g/mol. The summed E-state index contributed by atoms with van der Waals surface area (Å²) in [4.78, 5) is 5.32. The van der Waals surface area contributed by atoms with E-state index in [-0.39, 0.29) is 17.5 Å². The van der Waals surface area contributed by atoms with E-state index in [2.05, 4.69) is 321 Å². The standard InChI is InChI=1S/C80H61BN4O/c1-79(2,3)52-45-63-61-30-15-21-38-75(61)86-74-37-20-14-29-60(74)62-31-22-32-64(80(4,5)6)77(62)85-73-49-55(84-69-35-18-12-27-58(69)59-28-13-19-36-70(59)84)48-72-76(73)81(66(46-52)78(63)85)65-44-43-54(83-67-33-16-10-25-56(67)57-26-11-17-34-68(57)83)47-71(65)82(72)53-41-39-51(40-42-53)50-23-8-7-9-24-50/h7-49H,1-6H3. The van der Waals surface area contributed by atoms with E-state index in [0.717, 1.165) is 90.3 Å². The molecule has 6 heteroatoms.